The van der Waals surface area contributed by atoms with E-state index in [4.69, 9.17) is 4.74 Å². The number of nitrogens with zero attached hydrogens (tertiary/aromatic N) is 3. The van der Waals surface area contributed by atoms with Crippen LogP contribution in [-0.4, -0.2) is 76.8 Å². The molecule has 9 heteroatoms. The van der Waals surface area contributed by atoms with Crippen LogP contribution in [0.2, 0.25) is 0 Å². The van der Waals surface area contributed by atoms with Crippen molar-refractivity contribution in [2.45, 2.75) is 57.7 Å². The second-order valence-corrected chi connectivity index (χ2v) is 9.99. The van der Waals surface area contributed by atoms with Gasteiger partial charge in [-0.2, -0.15) is 0 Å². The van der Waals surface area contributed by atoms with Crippen molar-refractivity contribution in [3.8, 4) is 17.0 Å². The molecule has 1 aliphatic heterocycles. The van der Waals surface area contributed by atoms with Gasteiger partial charge in [-0.05, 0) is 31.9 Å². The first-order valence-electron chi connectivity index (χ1n) is 12.6. The van der Waals surface area contributed by atoms with Gasteiger partial charge in [-0.1, -0.05) is 38.0 Å². The predicted octanol–water partition coefficient (Wildman–Crippen LogP) is 3.69. The van der Waals surface area contributed by atoms with Gasteiger partial charge >= 0.3 is 6.03 Å². The number of aliphatic hydroxyl groups is 1. The number of hydrogen-bond acceptors (Lipinski definition) is 5. The summed E-state index contributed by atoms with van der Waals surface area (Å²) in [7, 11) is 1.73. The van der Waals surface area contributed by atoms with Crippen LogP contribution in [0.15, 0.2) is 36.5 Å². The van der Waals surface area contributed by atoms with Crippen molar-refractivity contribution in [2.24, 2.45) is 5.92 Å². The number of halogens is 1. The summed E-state index contributed by atoms with van der Waals surface area (Å²) in [4.78, 5) is 34.0. The third kappa shape index (κ3) is 5.61. The molecular formula is C27H35FN4O4. The van der Waals surface area contributed by atoms with E-state index in [1.807, 2.05) is 6.92 Å². The molecule has 1 aliphatic carbocycles. The zero-order valence-corrected chi connectivity index (χ0v) is 21.1. The van der Waals surface area contributed by atoms with Gasteiger partial charge in [0, 0.05) is 42.9 Å². The summed E-state index contributed by atoms with van der Waals surface area (Å²) < 4.78 is 20.7. The fourth-order valence-corrected chi connectivity index (χ4v) is 4.87. The lowest BCUT2D eigenvalue weighted by Gasteiger charge is -2.37. The van der Waals surface area contributed by atoms with Crippen LogP contribution in [0.3, 0.4) is 0 Å². The molecule has 3 amide bonds. The van der Waals surface area contributed by atoms with Gasteiger partial charge in [0.05, 0.1) is 19.2 Å². The van der Waals surface area contributed by atoms with Crippen LogP contribution >= 0.6 is 0 Å². The molecule has 8 nitrogen and oxygen atoms in total. The lowest BCUT2D eigenvalue weighted by atomic mass is 9.99. The zero-order valence-electron chi connectivity index (χ0n) is 21.1. The topological polar surface area (TPSA) is 95.0 Å². The summed E-state index contributed by atoms with van der Waals surface area (Å²) in [5, 5.41) is 12.9. The quantitative estimate of drug-likeness (QED) is 0.634. The van der Waals surface area contributed by atoms with Crippen molar-refractivity contribution in [3.05, 3.63) is 47.9 Å². The first-order chi connectivity index (χ1) is 17.3. The highest BCUT2D eigenvalue weighted by molar-refractivity contribution is 5.98. The Hall–Kier alpha value is -3.20. The molecule has 0 radical (unpaired) electrons. The Kier molecular flexibility index (Phi) is 8.08. The van der Waals surface area contributed by atoms with Crippen LogP contribution in [0, 0.1) is 11.7 Å². The molecule has 0 spiro atoms. The van der Waals surface area contributed by atoms with Gasteiger partial charge in [0.1, 0.15) is 17.5 Å². The van der Waals surface area contributed by atoms with E-state index in [2.05, 4.69) is 10.3 Å². The second kappa shape index (κ2) is 11.2. The van der Waals surface area contributed by atoms with Gasteiger partial charge in [-0.25, -0.2) is 14.2 Å². The molecule has 2 aromatic rings. The molecule has 0 bridgehead atoms. The van der Waals surface area contributed by atoms with Gasteiger partial charge in [-0.15, -0.1) is 0 Å². The van der Waals surface area contributed by atoms with Gasteiger partial charge in [0.25, 0.3) is 5.91 Å². The Labute approximate surface area is 211 Å². The number of carbonyl (C=O) groups is 2. The van der Waals surface area contributed by atoms with E-state index in [0.717, 1.165) is 25.7 Å². The Morgan fingerprint density at radius 2 is 2.03 bits per heavy atom. The highest BCUT2D eigenvalue weighted by atomic mass is 19.1. The minimum Gasteiger partial charge on any atom is -0.472 e. The highest BCUT2D eigenvalue weighted by Crippen LogP contribution is 2.31. The number of hydrogen-bond donors (Lipinski definition) is 2. The van der Waals surface area contributed by atoms with E-state index in [0.29, 0.717) is 24.2 Å². The number of rotatable bonds is 6. The second-order valence-electron chi connectivity index (χ2n) is 9.99. The number of amides is 3. The Morgan fingerprint density at radius 1 is 1.31 bits per heavy atom. The van der Waals surface area contributed by atoms with E-state index >= 15 is 0 Å². The summed E-state index contributed by atoms with van der Waals surface area (Å²) in [6.45, 7) is 4.15. The summed E-state index contributed by atoms with van der Waals surface area (Å²) >= 11 is 0. The highest BCUT2D eigenvalue weighted by Gasteiger charge is 2.35. The molecular weight excluding hydrogens is 463 g/mol. The van der Waals surface area contributed by atoms with E-state index in [1.165, 1.54) is 12.3 Å². The molecule has 1 fully saturated rings. The zero-order chi connectivity index (χ0) is 25.8. The molecule has 194 valence electrons. The van der Waals surface area contributed by atoms with E-state index in [-0.39, 0.29) is 41.9 Å². The molecule has 1 aromatic carbocycles. The number of ether oxygens (including phenoxy) is 1. The first kappa shape index (κ1) is 25.9. The number of benzene rings is 1. The van der Waals surface area contributed by atoms with Crippen molar-refractivity contribution in [3.63, 3.8) is 0 Å². The Bertz CT molecular complexity index is 1090. The lowest BCUT2D eigenvalue weighted by Crippen LogP contribution is -2.52. The third-order valence-corrected chi connectivity index (χ3v) is 7.19. The van der Waals surface area contributed by atoms with Gasteiger partial charge in [-0.3, -0.25) is 4.79 Å². The molecule has 1 aromatic heterocycles. The van der Waals surface area contributed by atoms with Gasteiger partial charge < -0.3 is 25.0 Å². The van der Waals surface area contributed by atoms with Crippen LogP contribution in [0.1, 0.15) is 49.9 Å². The van der Waals surface area contributed by atoms with Crippen molar-refractivity contribution in [1.29, 1.82) is 0 Å². The summed E-state index contributed by atoms with van der Waals surface area (Å²) in [6.07, 6.45) is 5.28. The third-order valence-electron chi connectivity index (χ3n) is 7.19. The lowest BCUT2D eigenvalue weighted by molar-refractivity contribution is 0.0351. The van der Waals surface area contributed by atoms with Crippen LogP contribution in [0.5, 0.6) is 5.88 Å². The fraction of sp³-hybridized carbons (Fsp3) is 0.519. The Morgan fingerprint density at radius 3 is 2.72 bits per heavy atom. The van der Waals surface area contributed by atoms with Crippen LogP contribution < -0.4 is 10.1 Å². The van der Waals surface area contributed by atoms with Crippen LogP contribution in [0.4, 0.5) is 9.18 Å². The Balaban J connectivity index is 1.63. The average molecular weight is 499 g/mol. The standard InChI is InChI=1S/C27H35FN4O4/c1-17-14-32(18(2)16-33)26(34)22-12-19(21-10-6-7-11-23(21)28)13-29-25(22)36-24(17)15-31(3)27(35)30-20-8-4-5-9-20/h6-7,10-13,17-18,20,24,33H,4-5,8-9,14-16H2,1-3H3,(H,30,35)/t17-,18+,24-/m1/s1. The first-order valence-corrected chi connectivity index (χ1v) is 12.6. The maximum Gasteiger partial charge on any atom is 0.317 e. The number of likely N-dealkylation sites (N-methyl/N-ethyl adjacent to an activating group) is 1. The normalized spacial score (nSPS) is 21.2. The molecule has 1 saturated carbocycles. The molecule has 36 heavy (non-hydrogen) atoms. The number of nitrogens with one attached hydrogen (secondary N) is 1. The van der Waals surface area contributed by atoms with Crippen molar-refractivity contribution in [2.75, 3.05) is 26.7 Å². The number of aromatic nitrogens is 1. The molecule has 2 aliphatic rings. The SMILES string of the molecule is C[C@@H]1CN([C@@H](C)CO)C(=O)c2cc(-c3ccccc3F)cnc2O[C@@H]1CN(C)C(=O)NC1CCCC1. The minimum atomic E-state index is -0.448. The number of aliphatic hydroxyl groups excluding tert-OH is 1. The molecule has 0 saturated heterocycles. The average Bonchev–Trinajstić information content (AvgIpc) is 3.38. The molecule has 3 atom stereocenters. The van der Waals surface area contributed by atoms with Crippen molar-refractivity contribution in [1.82, 2.24) is 20.1 Å². The number of pyridine rings is 1. The maximum atomic E-state index is 14.5. The van der Waals surface area contributed by atoms with Crippen LogP contribution in [0.25, 0.3) is 11.1 Å². The molecule has 0 unspecified atom stereocenters. The predicted molar refractivity (Wildman–Crippen MR) is 134 cm³/mol. The molecule has 4 rings (SSSR count). The molecule has 2 heterocycles. The van der Waals surface area contributed by atoms with Crippen molar-refractivity contribution >= 4 is 11.9 Å². The smallest absolute Gasteiger partial charge is 0.317 e. The van der Waals surface area contributed by atoms with Gasteiger partial charge in [0.2, 0.25) is 5.88 Å². The largest absolute Gasteiger partial charge is 0.472 e. The van der Waals surface area contributed by atoms with Gasteiger partial charge in [0.15, 0.2) is 0 Å². The van der Waals surface area contributed by atoms with Crippen molar-refractivity contribution < 1.29 is 23.8 Å². The molecule has 2 N–H and O–H groups in total. The monoisotopic (exact) mass is 498 g/mol. The van der Waals surface area contributed by atoms with Crippen LogP contribution in [-0.2, 0) is 0 Å². The minimum absolute atomic E-state index is 0.136. The summed E-state index contributed by atoms with van der Waals surface area (Å²) in [5.41, 5.74) is 0.988. The summed E-state index contributed by atoms with van der Waals surface area (Å²) in [6, 6.07) is 7.50. The maximum absolute atomic E-state index is 14.5. The van der Waals surface area contributed by atoms with E-state index in [1.54, 1.807) is 48.0 Å². The number of carbonyl (C=O) groups excluding carboxylic acids is 2. The summed E-state index contributed by atoms with van der Waals surface area (Å²) in [5.74, 6) is -0.766. The van der Waals surface area contributed by atoms with E-state index in [9.17, 15) is 19.1 Å². The van der Waals surface area contributed by atoms with E-state index < -0.39 is 18.0 Å². The number of urea groups is 1. The fourth-order valence-electron chi connectivity index (χ4n) is 4.87. The number of fused-ring (bicyclic) bond motifs is 1.